The van der Waals surface area contributed by atoms with Crippen LogP contribution in [-0.2, 0) is 9.47 Å². The number of carbonyl (C=O) groups is 2. The molecule has 0 aliphatic carbocycles. The summed E-state index contributed by atoms with van der Waals surface area (Å²) in [5.41, 5.74) is 1.76. The number of carbonyl (C=O) groups excluding carboxylic acids is 2. The fourth-order valence-corrected chi connectivity index (χ4v) is 3.77. The summed E-state index contributed by atoms with van der Waals surface area (Å²) >= 11 is 6.43. The van der Waals surface area contributed by atoms with Crippen LogP contribution in [0.2, 0.25) is 0 Å². The van der Waals surface area contributed by atoms with Crippen LogP contribution < -0.4 is 10.6 Å². The number of nitrogens with one attached hydrogen (secondary N) is 2. The molecule has 7 nitrogen and oxygen atoms in total. The minimum Gasteiger partial charge on any atom is -0.465 e. The van der Waals surface area contributed by atoms with Gasteiger partial charge in [0.1, 0.15) is 9.88 Å². The first-order valence-electron chi connectivity index (χ1n) is 7.66. The van der Waals surface area contributed by atoms with E-state index in [0.29, 0.717) is 20.6 Å². The molecular formula is C17H19N3O4S2. The van der Waals surface area contributed by atoms with Crippen LogP contribution in [0.5, 0.6) is 0 Å². The Morgan fingerprint density at radius 1 is 1.19 bits per heavy atom. The molecule has 0 fully saturated rings. The lowest BCUT2D eigenvalue weighted by molar-refractivity contribution is 0.0601. The number of esters is 2. The van der Waals surface area contributed by atoms with Gasteiger partial charge in [0, 0.05) is 12.4 Å². The normalized spacial score (nSPS) is 11.4. The molecule has 2 rings (SSSR count). The van der Waals surface area contributed by atoms with E-state index in [1.807, 2.05) is 19.1 Å². The van der Waals surface area contributed by atoms with Crippen LogP contribution in [0.3, 0.4) is 0 Å². The highest BCUT2D eigenvalue weighted by Crippen LogP contribution is 2.34. The molecule has 0 amide bonds. The van der Waals surface area contributed by atoms with Gasteiger partial charge in [-0.15, -0.1) is 11.3 Å². The Labute approximate surface area is 160 Å². The Morgan fingerprint density at radius 2 is 1.81 bits per heavy atom. The van der Waals surface area contributed by atoms with Gasteiger partial charge in [0.05, 0.1) is 25.8 Å². The third kappa shape index (κ3) is 4.36. The number of pyridine rings is 1. The highest BCUT2D eigenvalue weighted by molar-refractivity contribution is 7.80. The number of rotatable bonds is 5. The first-order chi connectivity index (χ1) is 12.4. The maximum atomic E-state index is 12.1. The Balaban J connectivity index is 2.23. The molecule has 9 heteroatoms. The molecule has 0 spiro atoms. The average molecular weight is 393 g/mol. The molecule has 26 heavy (non-hydrogen) atoms. The molecule has 0 aromatic carbocycles. The van der Waals surface area contributed by atoms with Gasteiger partial charge in [-0.1, -0.05) is 0 Å². The number of thiophene rings is 1. The molecule has 0 saturated heterocycles. The van der Waals surface area contributed by atoms with E-state index in [-0.39, 0.29) is 11.6 Å². The van der Waals surface area contributed by atoms with E-state index in [1.165, 1.54) is 14.2 Å². The van der Waals surface area contributed by atoms with E-state index in [4.69, 9.17) is 21.7 Å². The first-order valence-corrected chi connectivity index (χ1v) is 8.89. The predicted octanol–water partition coefficient (Wildman–Crippen LogP) is 3.07. The molecule has 2 aromatic rings. The minimum absolute atomic E-state index is 0.0688. The zero-order chi connectivity index (χ0) is 19.3. The van der Waals surface area contributed by atoms with Crippen molar-refractivity contribution < 1.29 is 19.1 Å². The van der Waals surface area contributed by atoms with Crippen molar-refractivity contribution in [3.63, 3.8) is 0 Å². The van der Waals surface area contributed by atoms with Crippen LogP contribution in [-0.4, -0.2) is 36.3 Å². The van der Waals surface area contributed by atoms with Gasteiger partial charge >= 0.3 is 11.9 Å². The summed E-state index contributed by atoms with van der Waals surface area (Å²) in [7, 11) is 2.57. The zero-order valence-electron chi connectivity index (χ0n) is 14.8. The lowest BCUT2D eigenvalue weighted by Crippen LogP contribution is -2.31. The van der Waals surface area contributed by atoms with Crippen LogP contribution >= 0.6 is 23.6 Å². The quantitative estimate of drug-likeness (QED) is 0.592. The molecule has 0 saturated carbocycles. The third-order valence-corrected chi connectivity index (χ3v) is 5.10. The van der Waals surface area contributed by atoms with Crippen LogP contribution in [0.4, 0.5) is 5.00 Å². The van der Waals surface area contributed by atoms with Gasteiger partial charge in [-0.25, -0.2) is 9.59 Å². The van der Waals surface area contributed by atoms with Crippen molar-refractivity contribution in [1.29, 1.82) is 0 Å². The van der Waals surface area contributed by atoms with Crippen molar-refractivity contribution in [2.45, 2.75) is 19.9 Å². The maximum Gasteiger partial charge on any atom is 0.348 e. The standard InChI is InChI=1S/C17H19N3O4S2/c1-9-12(15(21)23-3)14(26-13(9)16(22)24-4)20-17(25)19-10(2)11-5-7-18-8-6-11/h5-8,10H,1-4H3,(H2,19,20,25). The molecule has 0 bridgehead atoms. The summed E-state index contributed by atoms with van der Waals surface area (Å²) in [6, 6.07) is 3.69. The second-order valence-electron chi connectivity index (χ2n) is 5.34. The van der Waals surface area contributed by atoms with Crippen molar-refractivity contribution in [2.24, 2.45) is 0 Å². The number of anilines is 1. The van der Waals surface area contributed by atoms with Crippen LogP contribution in [0.1, 0.15) is 44.1 Å². The number of thiocarbonyl (C=S) groups is 1. The number of nitrogens with zero attached hydrogens (tertiary/aromatic N) is 1. The Kier molecular flexibility index (Phi) is 6.64. The van der Waals surface area contributed by atoms with Gasteiger partial charge in [0.15, 0.2) is 5.11 Å². The molecular weight excluding hydrogens is 374 g/mol. The number of methoxy groups -OCH3 is 2. The van der Waals surface area contributed by atoms with E-state index in [2.05, 4.69) is 15.6 Å². The predicted molar refractivity (Wildman–Crippen MR) is 104 cm³/mol. The molecule has 0 radical (unpaired) electrons. The third-order valence-electron chi connectivity index (χ3n) is 3.69. The van der Waals surface area contributed by atoms with E-state index in [9.17, 15) is 9.59 Å². The number of ether oxygens (including phenoxy) is 2. The summed E-state index contributed by atoms with van der Waals surface area (Å²) < 4.78 is 9.58. The van der Waals surface area contributed by atoms with Gasteiger partial charge in [-0.3, -0.25) is 4.98 Å². The Hall–Kier alpha value is -2.52. The van der Waals surface area contributed by atoms with E-state index < -0.39 is 11.9 Å². The van der Waals surface area contributed by atoms with E-state index in [0.717, 1.165) is 16.9 Å². The van der Waals surface area contributed by atoms with Gasteiger partial charge in [-0.05, 0) is 49.3 Å². The summed E-state index contributed by atoms with van der Waals surface area (Å²) in [6.45, 7) is 3.61. The molecule has 138 valence electrons. The highest BCUT2D eigenvalue weighted by Gasteiger charge is 2.26. The largest absolute Gasteiger partial charge is 0.465 e. The van der Waals surface area contributed by atoms with Crippen LogP contribution in [0.15, 0.2) is 24.5 Å². The fraction of sp³-hybridized carbons (Fsp3) is 0.294. The SMILES string of the molecule is COC(=O)c1sc(NC(=S)NC(C)c2ccncc2)c(C(=O)OC)c1C. The van der Waals surface area contributed by atoms with E-state index >= 15 is 0 Å². The van der Waals surface area contributed by atoms with Crippen LogP contribution in [0.25, 0.3) is 0 Å². The Bertz CT molecular complexity index is 821. The number of hydrogen-bond acceptors (Lipinski definition) is 7. The number of hydrogen-bond donors (Lipinski definition) is 2. The van der Waals surface area contributed by atoms with Crippen molar-refractivity contribution >= 4 is 45.6 Å². The van der Waals surface area contributed by atoms with Crippen molar-refractivity contribution in [3.05, 3.63) is 46.1 Å². The first kappa shape index (κ1) is 19.8. The molecule has 2 N–H and O–H groups in total. The molecule has 1 unspecified atom stereocenters. The molecule has 2 aromatic heterocycles. The van der Waals surface area contributed by atoms with Gasteiger partial charge in [0.25, 0.3) is 0 Å². The summed E-state index contributed by atoms with van der Waals surface area (Å²) in [4.78, 5) is 28.3. The molecule has 2 heterocycles. The Morgan fingerprint density at radius 3 is 2.38 bits per heavy atom. The van der Waals surface area contributed by atoms with Gasteiger partial charge in [0.2, 0.25) is 0 Å². The lowest BCUT2D eigenvalue weighted by atomic mass is 10.1. The van der Waals surface area contributed by atoms with Gasteiger partial charge < -0.3 is 20.1 Å². The van der Waals surface area contributed by atoms with Crippen molar-refractivity contribution in [2.75, 3.05) is 19.5 Å². The second kappa shape index (κ2) is 8.72. The summed E-state index contributed by atoms with van der Waals surface area (Å²) in [5.74, 6) is -1.07. The monoisotopic (exact) mass is 393 g/mol. The van der Waals surface area contributed by atoms with Crippen LogP contribution in [0, 0.1) is 6.92 Å². The lowest BCUT2D eigenvalue weighted by Gasteiger charge is -2.17. The average Bonchev–Trinajstić information content (AvgIpc) is 2.96. The second-order valence-corrected chi connectivity index (χ2v) is 6.77. The summed E-state index contributed by atoms with van der Waals surface area (Å²) in [5, 5.41) is 6.85. The van der Waals surface area contributed by atoms with E-state index in [1.54, 1.807) is 19.3 Å². The molecule has 1 atom stereocenters. The number of aromatic nitrogens is 1. The molecule has 0 aliphatic heterocycles. The minimum atomic E-state index is -0.554. The smallest absolute Gasteiger partial charge is 0.348 e. The molecule has 0 aliphatic rings. The topological polar surface area (TPSA) is 89.5 Å². The zero-order valence-corrected chi connectivity index (χ0v) is 16.4. The highest BCUT2D eigenvalue weighted by atomic mass is 32.1. The van der Waals surface area contributed by atoms with Gasteiger partial charge in [-0.2, -0.15) is 0 Å². The summed E-state index contributed by atoms with van der Waals surface area (Å²) in [6.07, 6.45) is 3.40. The fourth-order valence-electron chi connectivity index (χ4n) is 2.31. The maximum absolute atomic E-state index is 12.1. The van der Waals surface area contributed by atoms with Crippen molar-refractivity contribution in [3.8, 4) is 0 Å². The van der Waals surface area contributed by atoms with Crippen molar-refractivity contribution in [1.82, 2.24) is 10.3 Å².